The molecule has 3 radical (unpaired) electrons. The zero-order valence-electron chi connectivity index (χ0n) is 57.9. The Bertz CT molecular complexity index is 2760. The van der Waals surface area contributed by atoms with Crippen LogP contribution in [0.2, 0.25) is 0 Å². The van der Waals surface area contributed by atoms with E-state index in [1.54, 1.807) is 6.92 Å². The van der Waals surface area contributed by atoms with Crippen molar-refractivity contribution in [3.63, 3.8) is 0 Å². The molecule has 0 aromatic rings. The summed E-state index contributed by atoms with van der Waals surface area (Å²) in [5.41, 5.74) is 5.20. The molecule has 11 amide bonds. The molecule has 3 aliphatic rings. The van der Waals surface area contributed by atoms with E-state index < -0.39 is 207 Å². The first-order valence-corrected chi connectivity index (χ1v) is 31.7. The molecule has 41 nitrogen and oxygen atoms in total. The van der Waals surface area contributed by atoms with Crippen LogP contribution < -0.4 is 48.3 Å². The molecule has 0 saturated carbocycles. The standard InChI is InChI=1S/C20H32N4O9.C19H30N4O10.C14H21N3O9.C6H13NO.6CH4.B.FH.3Fm/c1-11(26)5-3-4-6-21-19(32)14(10-25)23-18(31)12(2)22-20(33)15-7-13(27)9-24(15)16(28)8-17(29)30;1-10(17(31)22-12(9-24)18(32)20-5-3-2-4-15(27)28)21-19(33)13-6-11(25)8-23(13)14(26)7-16(29)30;1-6(12(23)16-8(5-18)14(25)26)15-13(24)9-2-7(19)4-17(9)10(20)3-11(21)22;1-6(8)4-2-3-5-7;;;;;;;;;;;/h12-15,25,27H,3-10H2,1-2H3,(H,21,32)(H,22,33)(H,23,31)(H,29,30);10-13,24-25H,2-9H2,1H3,(H,20,32)(H,21,33)(H,22,31)(H,27,28)(H,29,30);6-9,18-19H,2-5H2,1H3,(H,15,24)(H,16,23)(H,21,22)(H,25,26);2-5,7H2,1H3;6*1H4;;1H;;;/t12-,13+,14-,15-;10-,11+,12-,13-;6-,7+,8-,9-;;;;;;;;;;;;/m000............/s1. The first kappa shape index (κ1) is 125. The number of likely N-dealkylation sites (tertiary alicyclic amines) is 3. The number of carbonyl (C=O) groups is 18. The molecule has 3 heterocycles. The summed E-state index contributed by atoms with van der Waals surface area (Å²) in [5.74, 6) is -14.9. The van der Waals surface area contributed by atoms with Crippen molar-refractivity contribution in [2.24, 2.45) is 5.73 Å². The van der Waals surface area contributed by atoms with Crippen molar-refractivity contribution in [1.82, 2.24) is 57.2 Å². The number of hydrogen-bond donors (Lipinski definition) is 20. The van der Waals surface area contributed by atoms with Crippen LogP contribution in [0.25, 0.3) is 0 Å². The Balaban J connectivity index is -0.000000121. The molecular formula is C65H121BFFm3N12O29. The summed E-state index contributed by atoms with van der Waals surface area (Å²) in [6.07, 6.45) is -1.13. The predicted molar refractivity (Wildman–Crippen MR) is 387 cm³/mol. The summed E-state index contributed by atoms with van der Waals surface area (Å²) >= 11 is 0. The van der Waals surface area contributed by atoms with Crippen molar-refractivity contribution in [2.75, 3.05) is 59.1 Å². The number of carboxylic acid groups (broad SMARTS) is 5. The van der Waals surface area contributed by atoms with Gasteiger partial charge in [0.05, 0.1) is 38.1 Å². The molecule has 0 spiro atoms. The van der Waals surface area contributed by atoms with Crippen LogP contribution in [0.15, 0.2) is 0 Å². The largest absolute Gasteiger partial charge is 0.481 e. The van der Waals surface area contributed by atoms with E-state index in [1.165, 1.54) is 27.7 Å². The van der Waals surface area contributed by atoms with E-state index >= 15 is 0 Å². The third-order valence-electron chi connectivity index (χ3n) is 14.7. The number of carbonyl (C=O) groups excluding carboxylic acids is 13. The third-order valence-corrected chi connectivity index (χ3v) is 14.7. The second-order valence-electron chi connectivity index (χ2n) is 23.4. The normalized spacial score (nSPS) is 17.2. The minimum Gasteiger partial charge on any atom is -0.481 e. The van der Waals surface area contributed by atoms with Crippen molar-refractivity contribution in [3.8, 4) is 0 Å². The predicted octanol–water partition coefficient (Wildman–Crippen LogP) is -5.16. The first-order chi connectivity index (χ1) is 46.7. The number of nitrogens with zero attached hydrogens (tertiary/aromatic N) is 3. The van der Waals surface area contributed by atoms with Crippen LogP contribution in [0.1, 0.15) is 175 Å². The maximum Gasteiger partial charge on any atom is 0.328 e. The molecule has 12 atom stereocenters. The Kier molecular flexibility index (Phi) is 73.0. The van der Waals surface area contributed by atoms with Gasteiger partial charge in [-0.05, 0) is 79.7 Å². The second-order valence-corrected chi connectivity index (χ2v) is 23.4. The number of β-amino-alcohol motifs (C(OH)–C–C–N with tert-alkyl or cyclic N) is 3. The number of aliphatic hydroxyl groups excluding tert-OH is 6. The maximum atomic E-state index is 12.6. The van der Waals surface area contributed by atoms with Gasteiger partial charge < -0.3 is 129 Å². The van der Waals surface area contributed by atoms with Gasteiger partial charge in [-0.3, -0.25) is 76.6 Å². The molecule has 0 aromatic carbocycles. The number of carboxylic acids is 5. The Morgan fingerprint density at radius 2 is 0.640 bits per heavy atom. The van der Waals surface area contributed by atoms with E-state index in [9.17, 15) is 112 Å². The average molecular weight is 2340 g/mol. The Hall–Kier alpha value is -12.4. The Morgan fingerprint density at radius 3 is 0.865 bits per heavy atom. The number of amides is 11. The fraction of sp³-hybridized carbons (Fsp3) is 0.723. The molecular weight excluding hydrogens is 2210 g/mol. The number of aliphatic hydroxyl groups is 6. The van der Waals surface area contributed by atoms with Crippen molar-refractivity contribution in [1.29, 1.82) is 0 Å². The fourth-order valence-electron chi connectivity index (χ4n) is 9.38. The number of unbranched alkanes of at least 4 members (excludes halogenated alkanes) is 3. The van der Waals surface area contributed by atoms with E-state index in [0.29, 0.717) is 45.1 Å². The summed E-state index contributed by atoms with van der Waals surface area (Å²) in [4.78, 5) is 212. The molecule has 3 aliphatic heterocycles. The number of ketones is 2. The molecule has 111 heavy (non-hydrogen) atoms. The molecule has 0 unspecified atom stereocenters. The summed E-state index contributed by atoms with van der Waals surface area (Å²) in [6, 6.07) is -11.1. The number of Topliss-reactive ketones (excluding diaryl/α,β-unsaturated/α-hetero) is 2. The summed E-state index contributed by atoms with van der Waals surface area (Å²) in [7, 11) is 0. The van der Waals surface area contributed by atoms with Gasteiger partial charge in [-0.1, -0.05) is 44.6 Å². The topological polar surface area (TPSA) is 662 Å². The van der Waals surface area contributed by atoms with E-state index in [-0.39, 0.29) is 128 Å². The van der Waals surface area contributed by atoms with Crippen molar-refractivity contribution < 1.29 is 147 Å². The first-order valence-electron chi connectivity index (χ1n) is 31.7. The molecule has 0 aliphatic carbocycles. The van der Waals surface area contributed by atoms with E-state index in [2.05, 4.69) is 37.2 Å². The molecule has 661 valence electrons. The minimum atomic E-state index is -1.54. The Morgan fingerprint density at radius 1 is 0.387 bits per heavy atom. The van der Waals surface area contributed by atoms with Crippen molar-refractivity contribution >= 4 is 115 Å². The quantitative estimate of drug-likeness (QED) is 0.0156. The van der Waals surface area contributed by atoms with E-state index in [0.717, 1.165) is 27.5 Å². The molecule has 0 aromatic heterocycles. The van der Waals surface area contributed by atoms with Crippen LogP contribution >= 0.6 is 0 Å². The van der Waals surface area contributed by atoms with E-state index in [1.807, 2.05) is 5.32 Å². The molecule has 3 rings (SSSR count). The molecule has 3 saturated heterocycles. The number of halogens is 1. The molecule has 3 fully saturated rings. The van der Waals surface area contributed by atoms with Crippen LogP contribution in [0.4, 0.5) is 4.70 Å². The number of nitrogens with two attached hydrogens (primary N) is 1. The van der Waals surface area contributed by atoms with Crippen LogP contribution in [0.3, 0.4) is 0 Å². The van der Waals surface area contributed by atoms with Crippen molar-refractivity contribution in [2.45, 2.75) is 248 Å². The van der Waals surface area contributed by atoms with Gasteiger partial charge in [0.2, 0.25) is 65.0 Å². The number of aliphatic carboxylic acids is 5. The average Bonchev–Trinajstić information content (AvgIpc) is 1.72. The minimum absolute atomic E-state index is 0. The summed E-state index contributed by atoms with van der Waals surface area (Å²) in [6.45, 7) is 5.20. The SMILES string of the molecule is C.C.C.C.C.C.CC(=O)CCCCN.CC(=O)CCCCNC(=O)[C@H](CO)NC(=O)[C@H](C)NC(=O)[C@@H]1C[C@@H](O)CN1C(=O)CC(=O)O.C[C@H](NC(=O)[C@@H]1C[C@@H](O)CN1C(=O)CC(=O)O)C(=O)N[C@@H](CO)C(=O)NCCCCC(=O)O.C[C@H](NC(=O)[C@@H]1C[C@@H](O)CN1C(=O)CC(=O)O)C(=O)N[C@@H](CO)C(=O)O.F.[B].[Fm].[Fm].[Fm]. The monoisotopic (exact) mass is 2340 g/mol. The van der Waals surface area contributed by atoms with Crippen LogP contribution in [0, 0.1) is 0 Å². The number of nitrogens with one attached hydrogen (secondary N) is 8. The van der Waals surface area contributed by atoms with Gasteiger partial charge in [0.15, 0.2) is 0 Å². The molecule has 21 N–H and O–H groups in total. The van der Waals surface area contributed by atoms with Crippen LogP contribution in [-0.2, 0) is 86.3 Å². The van der Waals surface area contributed by atoms with Gasteiger partial charge in [0, 0.05) is 79.7 Å². The van der Waals surface area contributed by atoms with Gasteiger partial charge in [-0.25, -0.2) is 4.79 Å². The Labute approximate surface area is 630 Å². The zero-order chi connectivity index (χ0) is 76.7. The fourth-order valence-corrected chi connectivity index (χ4v) is 9.38. The van der Waals surface area contributed by atoms with Gasteiger partial charge in [0.25, 0.3) is 0 Å². The third kappa shape index (κ3) is 49.2. The maximum absolute atomic E-state index is 12.6. The second kappa shape index (κ2) is 64.7. The van der Waals surface area contributed by atoms with Crippen molar-refractivity contribution in [3.05, 3.63) is 0 Å². The van der Waals surface area contributed by atoms with Gasteiger partial charge in [-0.15, -0.1) is 0 Å². The van der Waals surface area contributed by atoms with Gasteiger partial charge in [-0.2, -0.15) is 0 Å². The summed E-state index contributed by atoms with van der Waals surface area (Å²) in [5, 5.41) is 119. The molecule has 0 bridgehead atoms. The van der Waals surface area contributed by atoms with Gasteiger partial charge >= 0.3 is 29.8 Å². The number of hydrogen-bond acceptors (Lipinski definition) is 25. The van der Waals surface area contributed by atoms with Crippen LogP contribution in [0.5, 0.6) is 0 Å². The molecule has 46 heteroatoms. The number of rotatable bonds is 38. The zero-order valence-corrected chi connectivity index (χ0v) is 65.1. The van der Waals surface area contributed by atoms with Gasteiger partial charge in [0.1, 0.15) is 85.2 Å². The summed E-state index contributed by atoms with van der Waals surface area (Å²) < 4.78 is 0. The van der Waals surface area contributed by atoms with Crippen LogP contribution in [-0.4, -0.2) is 317 Å². The smallest absolute Gasteiger partial charge is 0.328 e. The van der Waals surface area contributed by atoms with E-state index in [4.69, 9.17) is 36.4 Å².